The highest BCUT2D eigenvalue weighted by Crippen LogP contribution is 2.19. The van der Waals surface area contributed by atoms with E-state index < -0.39 is 0 Å². The normalized spacial score (nSPS) is 11.8. The first-order chi connectivity index (χ1) is 5.87. The molecule has 0 spiro atoms. The SMILES string of the molecule is CC(C)COC(=O)CC(C)(C)CO. The topological polar surface area (TPSA) is 46.5 Å². The minimum atomic E-state index is -0.367. The standard InChI is InChI=1S/C10H20O3/c1-8(2)6-13-9(12)5-10(3,4)7-11/h8,11H,5-7H2,1-4H3. The number of esters is 1. The van der Waals surface area contributed by atoms with Gasteiger partial charge in [-0.05, 0) is 11.3 Å². The first kappa shape index (κ1) is 12.4. The molecule has 0 aromatic rings. The van der Waals surface area contributed by atoms with Crippen molar-refractivity contribution in [2.45, 2.75) is 34.1 Å². The zero-order chi connectivity index (χ0) is 10.5. The smallest absolute Gasteiger partial charge is 0.306 e. The van der Waals surface area contributed by atoms with Gasteiger partial charge in [-0.25, -0.2) is 0 Å². The van der Waals surface area contributed by atoms with Crippen molar-refractivity contribution >= 4 is 5.97 Å². The maximum atomic E-state index is 11.2. The van der Waals surface area contributed by atoms with Gasteiger partial charge in [0, 0.05) is 6.61 Å². The number of carbonyl (C=O) groups is 1. The molecule has 78 valence electrons. The fraction of sp³-hybridized carbons (Fsp3) is 0.900. The average Bonchev–Trinajstić information content (AvgIpc) is 2.00. The Hall–Kier alpha value is -0.570. The number of ether oxygens (including phenoxy) is 1. The van der Waals surface area contributed by atoms with E-state index in [-0.39, 0.29) is 24.4 Å². The van der Waals surface area contributed by atoms with E-state index in [4.69, 9.17) is 9.84 Å². The Morgan fingerprint density at radius 3 is 2.38 bits per heavy atom. The second-order valence-corrected chi connectivity index (χ2v) is 4.58. The molecular formula is C10H20O3. The highest BCUT2D eigenvalue weighted by atomic mass is 16.5. The van der Waals surface area contributed by atoms with Crippen LogP contribution in [0.15, 0.2) is 0 Å². The summed E-state index contributed by atoms with van der Waals surface area (Å²) in [6.07, 6.45) is 0.274. The summed E-state index contributed by atoms with van der Waals surface area (Å²) in [5.74, 6) is 0.133. The monoisotopic (exact) mass is 188 g/mol. The minimum absolute atomic E-state index is 0.00375. The molecule has 0 aromatic carbocycles. The highest BCUT2D eigenvalue weighted by molar-refractivity contribution is 5.70. The molecule has 0 heterocycles. The van der Waals surface area contributed by atoms with Crippen molar-refractivity contribution in [2.24, 2.45) is 11.3 Å². The molecule has 0 unspecified atom stereocenters. The van der Waals surface area contributed by atoms with Crippen LogP contribution in [0.4, 0.5) is 0 Å². The van der Waals surface area contributed by atoms with Gasteiger partial charge in [-0.15, -0.1) is 0 Å². The van der Waals surface area contributed by atoms with Gasteiger partial charge in [-0.3, -0.25) is 4.79 Å². The summed E-state index contributed by atoms with van der Waals surface area (Å²) in [6.45, 7) is 8.12. The molecule has 0 radical (unpaired) electrons. The summed E-state index contributed by atoms with van der Waals surface area (Å²) < 4.78 is 4.99. The van der Waals surface area contributed by atoms with E-state index in [1.165, 1.54) is 0 Å². The first-order valence-corrected chi connectivity index (χ1v) is 4.64. The number of carbonyl (C=O) groups excluding carboxylic acids is 1. The van der Waals surface area contributed by atoms with Crippen LogP contribution in [-0.4, -0.2) is 24.3 Å². The predicted octanol–water partition coefficient (Wildman–Crippen LogP) is 1.59. The van der Waals surface area contributed by atoms with Gasteiger partial charge in [0.05, 0.1) is 13.0 Å². The lowest BCUT2D eigenvalue weighted by molar-refractivity contribution is -0.147. The van der Waals surface area contributed by atoms with Crippen molar-refractivity contribution in [3.63, 3.8) is 0 Å². The van der Waals surface area contributed by atoms with Gasteiger partial charge in [0.1, 0.15) is 0 Å². The Bertz CT molecular complexity index is 162. The maximum absolute atomic E-state index is 11.2. The molecule has 0 rings (SSSR count). The van der Waals surface area contributed by atoms with Gasteiger partial charge in [0.2, 0.25) is 0 Å². The van der Waals surface area contributed by atoms with Crippen LogP contribution in [0, 0.1) is 11.3 Å². The molecule has 0 bridgehead atoms. The summed E-state index contributed by atoms with van der Waals surface area (Å²) >= 11 is 0. The number of hydrogen-bond acceptors (Lipinski definition) is 3. The molecule has 0 aliphatic carbocycles. The molecule has 0 aliphatic rings. The first-order valence-electron chi connectivity index (χ1n) is 4.64. The summed E-state index contributed by atoms with van der Waals surface area (Å²) in [4.78, 5) is 11.2. The quantitative estimate of drug-likeness (QED) is 0.666. The molecule has 3 nitrogen and oxygen atoms in total. The van der Waals surface area contributed by atoms with Gasteiger partial charge in [0.25, 0.3) is 0 Å². The van der Waals surface area contributed by atoms with Crippen LogP contribution in [0.25, 0.3) is 0 Å². The van der Waals surface area contributed by atoms with Crippen LogP contribution in [-0.2, 0) is 9.53 Å². The summed E-state index contributed by atoms with van der Waals surface area (Å²) in [7, 11) is 0. The summed E-state index contributed by atoms with van der Waals surface area (Å²) in [5, 5.41) is 8.91. The second-order valence-electron chi connectivity index (χ2n) is 4.58. The van der Waals surface area contributed by atoms with Crippen LogP contribution in [0.1, 0.15) is 34.1 Å². The molecule has 0 fully saturated rings. The van der Waals surface area contributed by atoms with Gasteiger partial charge >= 0.3 is 5.97 Å². The fourth-order valence-electron chi connectivity index (χ4n) is 0.757. The molecular weight excluding hydrogens is 168 g/mol. The Morgan fingerprint density at radius 1 is 1.46 bits per heavy atom. The van der Waals surface area contributed by atoms with E-state index >= 15 is 0 Å². The largest absolute Gasteiger partial charge is 0.465 e. The van der Waals surface area contributed by atoms with Gasteiger partial charge in [0.15, 0.2) is 0 Å². The van der Waals surface area contributed by atoms with Crippen LogP contribution in [0.2, 0.25) is 0 Å². The molecule has 0 atom stereocenters. The Labute approximate surface area is 80.1 Å². The Balaban J connectivity index is 3.74. The zero-order valence-electron chi connectivity index (χ0n) is 8.96. The lowest BCUT2D eigenvalue weighted by Gasteiger charge is -2.20. The third-order valence-electron chi connectivity index (χ3n) is 1.63. The Morgan fingerprint density at radius 2 is 2.00 bits per heavy atom. The van der Waals surface area contributed by atoms with E-state index in [2.05, 4.69) is 0 Å². The van der Waals surface area contributed by atoms with Gasteiger partial charge < -0.3 is 9.84 Å². The molecule has 0 saturated carbocycles. The fourth-order valence-corrected chi connectivity index (χ4v) is 0.757. The van der Waals surface area contributed by atoms with Crippen molar-refractivity contribution in [2.75, 3.05) is 13.2 Å². The van der Waals surface area contributed by atoms with E-state index in [0.29, 0.717) is 12.5 Å². The molecule has 0 aliphatic heterocycles. The van der Waals surface area contributed by atoms with Crippen molar-refractivity contribution in [1.82, 2.24) is 0 Å². The molecule has 0 aromatic heterocycles. The predicted molar refractivity (Wildman–Crippen MR) is 51.3 cm³/mol. The third kappa shape index (κ3) is 6.58. The molecule has 1 N–H and O–H groups in total. The second kappa shape index (κ2) is 5.22. The average molecular weight is 188 g/mol. The Kier molecular flexibility index (Phi) is 4.99. The van der Waals surface area contributed by atoms with Crippen molar-refractivity contribution in [1.29, 1.82) is 0 Å². The van der Waals surface area contributed by atoms with Crippen LogP contribution in [0.3, 0.4) is 0 Å². The number of hydrogen-bond donors (Lipinski definition) is 1. The lowest BCUT2D eigenvalue weighted by Crippen LogP contribution is -2.23. The zero-order valence-corrected chi connectivity index (χ0v) is 8.96. The summed E-state index contributed by atoms with van der Waals surface area (Å²) in [5.41, 5.74) is -0.367. The molecule has 0 amide bonds. The molecule has 3 heteroatoms. The maximum Gasteiger partial charge on any atom is 0.306 e. The minimum Gasteiger partial charge on any atom is -0.465 e. The van der Waals surface area contributed by atoms with Crippen molar-refractivity contribution < 1.29 is 14.6 Å². The van der Waals surface area contributed by atoms with Crippen LogP contribution >= 0.6 is 0 Å². The van der Waals surface area contributed by atoms with E-state index in [0.717, 1.165) is 0 Å². The number of aliphatic hydroxyl groups is 1. The van der Waals surface area contributed by atoms with Gasteiger partial charge in [-0.1, -0.05) is 27.7 Å². The van der Waals surface area contributed by atoms with E-state index in [1.807, 2.05) is 27.7 Å². The lowest BCUT2D eigenvalue weighted by atomic mass is 9.91. The highest BCUT2D eigenvalue weighted by Gasteiger charge is 2.21. The van der Waals surface area contributed by atoms with E-state index in [1.54, 1.807) is 0 Å². The number of aliphatic hydroxyl groups excluding tert-OH is 1. The molecule has 13 heavy (non-hydrogen) atoms. The number of rotatable bonds is 5. The van der Waals surface area contributed by atoms with Crippen molar-refractivity contribution in [3.05, 3.63) is 0 Å². The summed E-state index contributed by atoms with van der Waals surface area (Å²) in [6, 6.07) is 0. The van der Waals surface area contributed by atoms with Crippen LogP contribution < -0.4 is 0 Å². The van der Waals surface area contributed by atoms with Crippen molar-refractivity contribution in [3.8, 4) is 0 Å². The molecule has 0 saturated heterocycles. The third-order valence-corrected chi connectivity index (χ3v) is 1.63. The van der Waals surface area contributed by atoms with Gasteiger partial charge in [-0.2, -0.15) is 0 Å². The van der Waals surface area contributed by atoms with Crippen LogP contribution in [0.5, 0.6) is 0 Å². The van der Waals surface area contributed by atoms with E-state index in [9.17, 15) is 4.79 Å².